The number of hydrogen-bond acceptors (Lipinski definition) is 2. The van der Waals surface area contributed by atoms with Crippen LogP contribution in [0.3, 0.4) is 0 Å². The molecule has 1 heterocycles. The molecule has 0 aliphatic carbocycles. The number of benzene rings is 1. The third kappa shape index (κ3) is 2.21. The van der Waals surface area contributed by atoms with Gasteiger partial charge in [-0.25, -0.2) is 0 Å². The molecule has 0 aromatic heterocycles. The fraction of sp³-hybridized carbons (Fsp3) is 0.364. The Kier molecular flexibility index (Phi) is 3.07. The van der Waals surface area contributed by atoms with E-state index in [-0.39, 0.29) is 23.1 Å². The molecule has 1 aliphatic rings. The van der Waals surface area contributed by atoms with Gasteiger partial charge in [-0.3, -0.25) is 4.79 Å². The second-order valence-corrected chi connectivity index (χ2v) is 4.53. The molecule has 0 bridgehead atoms. The standard InChI is InChI=1S/C11H12BrNO2/c1-7-9(12)10(14)13-11(15-7)8-5-3-2-4-6-8/h2-7,9,11H,1H3,(H,13,14)/t7-,9+,11+/m0/s1. The summed E-state index contributed by atoms with van der Waals surface area (Å²) in [5, 5.41) is 2.80. The van der Waals surface area contributed by atoms with E-state index in [0.29, 0.717) is 0 Å². The summed E-state index contributed by atoms with van der Waals surface area (Å²) in [4.78, 5) is 11.3. The van der Waals surface area contributed by atoms with Gasteiger partial charge in [-0.1, -0.05) is 46.3 Å². The van der Waals surface area contributed by atoms with Crippen LogP contribution in [-0.4, -0.2) is 16.8 Å². The summed E-state index contributed by atoms with van der Waals surface area (Å²) in [6.07, 6.45) is -0.452. The average Bonchev–Trinajstić information content (AvgIpc) is 2.26. The molecule has 1 saturated heterocycles. The van der Waals surface area contributed by atoms with Crippen LogP contribution in [0.4, 0.5) is 0 Å². The summed E-state index contributed by atoms with van der Waals surface area (Å²) in [6, 6.07) is 9.66. The van der Waals surface area contributed by atoms with Crippen LogP contribution in [0.2, 0.25) is 0 Å². The van der Waals surface area contributed by atoms with E-state index in [2.05, 4.69) is 21.2 Å². The van der Waals surface area contributed by atoms with E-state index >= 15 is 0 Å². The zero-order valence-corrected chi connectivity index (χ0v) is 9.90. The highest BCUT2D eigenvalue weighted by molar-refractivity contribution is 9.10. The molecule has 0 spiro atoms. The lowest BCUT2D eigenvalue weighted by atomic mass is 10.1. The minimum Gasteiger partial charge on any atom is -0.350 e. The summed E-state index contributed by atoms with van der Waals surface area (Å²) in [5.74, 6) is -0.0254. The molecular weight excluding hydrogens is 258 g/mol. The van der Waals surface area contributed by atoms with Crippen molar-refractivity contribution in [3.63, 3.8) is 0 Å². The van der Waals surface area contributed by atoms with Crippen LogP contribution < -0.4 is 5.32 Å². The number of nitrogens with one attached hydrogen (secondary N) is 1. The van der Waals surface area contributed by atoms with E-state index in [4.69, 9.17) is 4.74 Å². The van der Waals surface area contributed by atoms with Gasteiger partial charge in [0.1, 0.15) is 4.83 Å². The molecule has 80 valence electrons. The van der Waals surface area contributed by atoms with Gasteiger partial charge in [0.15, 0.2) is 6.23 Å². The number of ether oxygens (including phenoxy) is 1. The number of carbonyl (C=O) groups excluding carboxylic acids is 1. The fourth-order valence-electron chi connectivity index (χ4n) is 1.53. The summed E-state index contributed by atoms with van der Waals surface area (Å²) < 4.78 is 5.68. The molecule has 15 heavy (non-hydrogen) atoms. The summed E-state index contributed by atoms with van der Waals surface area (Å²) in [7, 11) is 0. The molecule has 4 heteroatoms. The summed E-state index contributed by atoms with van der Waals surface area (Å²) in [6.45, 7) is 1.88. The number of hydrogen-bond donors (Lipinski definition) is 1. The second-order valence-electron chi connectivity index (χ2n) is 3.54. The van der Waals surface area contributed by atoms with Gasteiger partial charge in [-0.2, -0.15) is 0 Å². The van der Waals surface area contributed by atoms with Crippen LogP contribution in [0.5, 0.6) is 0 Å². The van der Waals surface area contributed by atoms with Crippen molar-refractivity contribution in [1.29, 1.82) is 0 Å². The molecule has 1 fully saturated rings. The number of halogens is 1. The molecule has 0 saturated carbocycles. The first-order valence-electron chi connectivity index (χ1n) is 4.83. The second kappa shape index (κ2) is 4.33. The first kappa shape index (κ1) is 10.6. The minimum atomic E-state index is -0.331. The summed E-state index contributed by atoms with van der Waals surface area (Å²) in [5.41, 5.74) is 0.970. The van der Waals surface area contributed by atoms with Crippen LogP contribution >= 0.6 is 15.9 Å². The van der Waals surface area contributed by atoms with Crippen molar-refractivity contribution in [1.82, 2.24) is 5.32 Å². The quantitative estimate of drug-likeness (QED) is 0.792. The lowest BCUT2D eigenvalue weighted by Crippen LogP contribution is -2.48. The van der Waals surface area contributed by atoms with E-state index in [1.54, 1.807) is 0 Å². The molecule has 1 amide bonds. The van der Waals surface area contributed by atoms with E-state index in [9.17, 15) is 4.79 Å². The monoisotopic (exact) mass is 269 g/mol. The SMILES string of the molecule is C[C@@H]1O[C@H](c2ccccc2)NC(=O)[C@@H]1Br. The average molecular weight is 270 g/mol. The third-order valence-electron chi connectivity index (χ3n) is 2.39. The smallest absolute Gasteiger partial charge is 0.238 e. The highest BCUT2D eigenvalue weighted by Crippen LogP contribution is 2.24. The maximum Gasteiger partial charge on any atom is 0.238 e. The predicted molar refractivity (Wildman–Crippen MR) is 60.6 cm³/mol. The number of alkyl halides is 1. The van der Waals surface area contributed by atoms with Gasteiger partial charge < -0.3 is 10.1 Å². The Morgan fingerprint density at radius 2 is 2.00 bits per heavy atom. The lowest BCUT2D eigenvalue weighted by Gasteiger charge is -2.32. The molecular formula is C11H12BrNO2. The zero-order valence-electron chi connectivity index (χ0n) is 8.31. The Bertz CT molecular complexity index is 355. The number of rotatable bonds is 1. The van der Waals surface area contributed by atoms with Crippen molar-refractivity contribution in [2.75, 3.05) is 0 Å². The van der Waals surface area contributed by atoms with Crippen LogP contribution in [0.25, 0.3) is 0 Å². The fourth-order valence-corrected chi connectivity index (χ4v) is 1.79. The Morgan fingerprint density at radius 3 is 2.60 bits per heavy atom. The highest BCUT2D eigenvalue weighted by atomic mass is 79.9. The molecule has 1 N–H and O–H groups in total. The van der Waals surface area contributed by atoms with Gasteiger partial charge in [0.05, 0.1) is 6.10 Å². The Morgan fingerprint density at radius 1 is 1.33 bits per heavy atom. The third-order valence-corrected chi connectivity index (χ3v) is 3.55. The van der Waals surface area contributed by atoms with Gasteiger partial charge in [-0.05, 0) is 6.92 Å². The van der Waals surface area contributed by atoms with Crippen molar-refractivity contribution >= 4 is 21.8 Å². The van der Waals surface area contributed by atoms with Gasteiger partial charge in [0, 0.05) is 5.56 Å². The maximum absolute atomic E-state index is 11.6. The van der Waals surface area contributed by atoms with Crippen LogP contribution in [0.1, 0.15) is 18.7 Å². The number of amides is 1. The van der Waals surface area contributed by atoms with Crippen molar-refractivity contribution in [2.24, 2.45) is 0 Å². The summed E-state index contributed by atoms with van der Waals surface area (Å²) >= 11 is 3.28. The van der Waals surface area contributed by atoms with Gasteiger partial charge in [0.25, 0.3) is 0 Å². The zero-order chi connectivity index (χ0) is 10.8. The Balaban J connectivity index is 2.16. The first-order valence-corrected chi connectivity index (χ1v) is 5.75. The maximum atomic E-state index is 11.6. The predicted octanol–water partition coefficient (Wildman–Crippen LogP) is 1.98. The molecule has 0 unspecified atom stereocenters. The van der Waals surface area contributed by atoms with E-state index < -0.39 is 0 Å². The topological polar surface area (TPSA) is 38.3 Å². The van der Waals surface area contributed by atoms with E-state index in [1.807, 2.05) is 37.3 Å². The van der Waals surface area contributed by atoms with Gasteiger partial charge in [0.2, 0.25) is 5.91 Å². The molecule has 1 aromatic carbocycles. The van der Waals surface area contributed by atoms with Crippen molar-refractivity contribution in [3.8, 4) is 0 Å². The molecule has 2 rings (SSSR count). The largest absolute Gasteiger partial charge is 0.350 e. The Hall–Kier alpha value is -0.870. The highest BCUT2D eigenvalue weighted by Gasteiger charge is 2.33. The van der Waals surface area contributed by atoms with Gasteiger partial charge in [-0.15, -0.1) is 0 Å². The van der Waals surface area contributed by atoms with Gasteiger partial charge >= 0.3 is 0 Å². The van der Waals surface area contributed by atoms with Crippen molar-refractivity contribution in [2.45, 2.75) is 24.1 Å². The Labute approximate surface area is 96.9 Å². The van der Waals surface area contributed by atoms with Crippen molar-refractivity contribution in [3.05, 3.63) is 35.9 Å². The molecule has 0 radical (unpaired) electrons. The molecule has 3 atom stereocenters. The normalized spacial score (nSPS) is 31.1. The molecule has 1 aliphatic heterocycles. The molecule has 1 aromatic rings. The van der Waals surface area contributed by atoms with Crippen LogP contribution in [-0.2, 0) is 9.53 Å². The van der Waals surface area contributed by atoms with Crippen LogP contribution in [0.15, 0.2) is 30.3 Å². The van der Waals surface area contributed by atoms with E-state index in [1.165, 1.54) is 0 Å². The lowest BCUT2D eigenvalue weighted by molar-refractivity contribution is -0.139. The van der Waals surface area contributed by atoms with E-state index in [0.717, 1.165) is 5.56 Å². The van der Waals surface area contributed by atoms with Crippen molar-refractivity contribution < 1.29 is 9.53 Å². The minimum absolute atomic E-state index is 0.0254. The number of carbonyl (C=O) groups is 1. The van der Waals surface area contributed by atoms with Crippen LogP contribution in [0, 0.1) is 0 Å². The first-order chi connectivity index (χ1) is 7.18. The molecule has 3 nitrogen and oxygen atoms in total.